The first-order valence-electron chi connectivity index (χ1n) is 16.7. The van der Waals surface area contributed by atoms with Crippen molar-refractivity contribution in [2.75, 3.05) is 0 Å². The number of nitriles is 3. The maximum absolute atomic E-state index is 10.7. The summed E-state index contributed by atoms with van der Waals surface area (Å²) >= 11 is 0. The molecule has 9 rings (SSSR count). The summed E-state index contributed by atoms with van der Waals surface area (Å²) in [7, 11) is 0. The second-order valence-corrected chi connectivity index (χ2v) is 12.7. The molecule has 4 heteroatoms. The first kappa shape index (κ1) is 29.7. The molecule has 0 bridgehead atoms. The summed E-state index contributed by atoms with van der Waals surface area (Å²) in [5.74, 6) is 0. The maximum Gasteiger partial charge on any atom is 0.0998 e. The average molecular weight is 647 g/mol. The fourth-order valence-electron chi connectivity index (χ4n) is 7.66. The zero-order valence-corrected chi connectivity index (χ0v) is 27.3. The van der Waals surface area contributed by atoms with Gasteiger partial charge in [0.2, 0.25) is 0 Å². The van der Waals surface area contributed by atoms with Crippen molar-refractivity contribution in [1.29, 1.82) is 15.8 Å². The number of hydrogen-bond donors (Lipinski definition) is 0. The predicted molar refractivity (Wildman–Crippen MR) is 206 cm³/mol. The Morgan fingerprint density at radius 3 is 1.65 bits per heavy atom. The van der Waals surface area contributed by atoms with Gasteiger partial charge in [0.25, 0.3) is 0 Å². The first-order chi connectivity index (χ1) is 25.2. The third-order valence-electron chi connectivity index (χ3n) is 9.84. The van der Waals surface area contributed by atoms with E-state index in [-0.39, 0.29) is 0 Å². The van der Waals surface area contributed by atoms with Gasteiger partial charge in [-0.2, -0.15) is 15.8 Å². The van der Waals surface area contributed by atoms with Crippen molar-refractivity contribution in [3.63, 3.8) is 0 Å². The van der Waals surface area contributed by atoms with Crippen LogP contribution in [0.25, 0.3) is 82.4 Å². The van der Waals surface area contributed by atoms with Crippen LogP contribution in [0.2, 0.25) is 0 Å². The van der Waals surface area contributed by atoms with E-state index in [0.717, 1.165) is 76.9 Å². The highest BCUT2D eigenvalue weighted by atomic mass is 15.0. The van der Waals surface area contributed by atoms with E-state index in [2.05, 4.69) is 120 Å². The normalized spacial score (nSPS) is 11.1. The van der Waals surface area contributed by atoms with Crippen molar-refractivity contribution in [2.24, 2.45) is 0 Å². The third-order valence-corrected chi connectivity index (χ3v) is 9.84. The molecule has 9 aromatic rings. The lowest BCUT2D eigenvalue weighted by molar-refractivity contribution is 1.18. The molecular weight excluding hydrogens is 621 g/mol. The lowest BCUT2D eigenvalue weighted by Crippen LogP contribution is -1.97. The molecule has 1 aromatic heterocycles. The van der Waals surface area contributed by atoms with Crippen molar-refractivity contribution in [3.05, 3.63) is 174 Å². The SMILES string of the molecule is N#Cc1cc(-c2ccc(-c3c4ccccc4c(-c4ccccc4)c4ccccc34)c(C#N)c2)cc(-n2c3ccccc3c3cc(C#N)ccc32)c1. The van der Waals surface area contributed by atoms with Crippen LogP contribution in [-0.2, 0) is 0 Å². The van der Waals surface area contributed by atoms with E-state index in [0.29, 0.717) is 16.7 Å². The number of rotatable bonds is 4. The number of aromatic nitrogens is 1. The van der Waals surface area contributed by atoms with Gasteiger partial charge in [0.15, 0.2) is 0 Å². The molecule has 0 N–H and O–H groups in total. The van der Waals surface area contributed by atoms with Gasteiger partial charge in [0, 0.05) is 22.0 Å². The molecule has 0 spiro atoms. The van der Waals surface area contributed by atoms with Crippen LogP contribution in [0.1, 0.15) is 16.7 Å². The van der Waals surface area contributed by atoms with Gasteiger partial charge in [0.05, 0.1) is 45.9 Å². The van der Waals surface area contributed by atoms with Crippen LogP contribution in [0, 0.1) is 34.0 Å². The minimum absolute atomic E-state index is 0.512. The van der Waals surface area contributed by atoms with Gasteiger partial charge in [-0.3, -0.25) is 0 Å². The average Bonchev–Trinajstić information content (AvgIpc) is 3.53. The Kier molecular flexibility index (Phi) is 6.93. The monoisotopic (exact) mass is 646 g/mol. The summed E-state index contributed by atoms with van der Waals surface area (Å²) in [4.78, 5) is 0. The molecule has 4 nitrogen and oxygen atoms in total. The Balaban J connectivity index is 1.26. The van der Waals surface area contributed by atoms with Crippen LogP contribution in [0.15, 0.2) is 158 Å². The molecular formula is C47H26N4. The first-order valence-corrected chi connectivity index (χ1v) is 16.7. The second kappa shape index (κ2) is 11.9. The molecule has 0 aliphatic rings. The highest BCUT2D eigenvalue weighted by Gasteiger charge is 2.20. The molecule has 0 amide bonds. The molecule has 0 aliphatic heterocycles. The van der Waals surface area contributed by atoms with Crippen LogP contribution >= 0.6 is 0 Å². The summed E-state index contributed by atoms with van der Waals surface area (Å²) in [6.07, 6.45) is 0. The maximum atomic E-state index is 10.7. The van der Waals surface area contributed by atoms with Gasteiger partial charge in [-0.05, 0) is 97.9 Å². The molecule has 0 aliphatic carbocycles. The van der Waals surface area contributed by atoms with Crippen molar-refractivity contribution >= 4 is 43.4 Å². The fourth-order valence-corrected chi connectivity index (χ4v) is 7.66. The summed E-state index contributed by atoms with van der Waals surface area (Å²) in [5, 5.41) is 36.9. The smallest absolute Gasteiger partial charge is 0.0998 e. The number of para-hydroxylation sites is 1. The minimum atomic E-state index is 0.512. The van der Waals surface area contributed by atoms with E-state index in [9.17, 15) is 15.8 Å². The van der Waals surface area contributed by atoms with E-state index in [4.69, 9.17) is 0 Å². The molecule has 0 saturated heterocycles. The van der Waals surface area contributed by atoms with Crippen LogP contribution in [0.5, 0.6) is 0 Å². The largest absolute Gasteiger partial charge is 0.309 e. The summed E-state index contributed by atoms with van der Waals surface area (Å²) < 4.78 is 2.14. The molecule has 0 fully saturated rings. The highest BCUT2D eigenvalue weighted by molar-refractivity contribution is 6.21. The molecule has 8 aromatic carbocycles. The van der Waals surface area contributed by atoms with E-state index in [1.807, 2.05) is 60.7 Å². The Morgan fingerprint density at radius 1 is 0.373 bits per heavy atom. The lowest BCUT2D eigenvalue weighted by atomic mass is 9.84. The van der Waals surface area contributed by atoms with E-state index >= 15 is 0 Å². The molecule has 234 valence electrons. The second-order valence-electron chi connectivity index (χ2n) is 12.7. The van der Waals surface area contributed by atoms with Gasteiger partial charge in [-0.1, -0.05) is 109 Å². The Labute approximate surface area is 294 Å². The number of fused-ring (bicyclic) bond motifs is 5. The van der Waals surface area contributed by atoms with Gasteiger partial charge in [-0.25, -0.2) is 0 Å². The quantitative estimate of drug-likeness (QED) is 0.179. The zero-order chi connectivity index (χ0) is 34.5. The summed E-state index contributed by atoms with van der Waals surface area (Å²) in [5.41, 5.74) is 10.3. The minimum Gasteiger partial charge on any atom is -0.309 e. The van der Waals surface area contributed by atoms with Crippen LogP contribution < -0.4 is 0 Å². The molecule has 0 atom stereocenters. The predicted octanol–water partition coefficient (Wildman–Crippen LogP) is 11.7. The van der Waals surface area contributed by atoms with Crippen LogP contribution in [-0.4, -0.2) is 4.57 Å². The van der Waals surface area contributed by atoms with E-state index < -0.39 is 0 Å². The number of hydrogen-bond acceptors (Lipinski definition) is 3. The highest BCUT2D eigenvalue weighted by Crippen LogP contribution is 2.45. The standard InChI is InChI=1S/C47H26N4/c48-27-30-18-21-45-43(24-30)38-12-8-9-17-44(38)51(45)36-23-31(28-49)22-34(26-36)33-19-20-37(35(25-33)29-50)47-41-15-6-4-13-39(41)46(32-10-2-1-3-11-32)40-14-5-7-16-42(40)47/h1-26H. The van der Waals surface area contributed by atoms with Crippen molar-refractivity contribution in [1.82, 2.24) is 4.57 Å². The molecule has 0 unspecified atom stereocenters. The number of benzene rings is 8. The summed E-state index contributed by atoms with van der Waals surface area (Å²) in [6.45, 7) is 0. The third kappa shape index (κ3) is 4.74. The molecule has 1 heterocycles. The van der Waals surface area contributed by atoms with Gasteiger partial charge in [0.1, 0.15) is 0 Å². The Hall–Kier alpha value is -7.45. The van der Waals surface area contributed by atoms with E-state index in [1.165, 1.54) is 5.56 Å². The zero-order valence-electron chi connectivity index (χ0n) is 27.3. The van der Waals surface area contributed by atoms with Gasteiger partial charge in [-0.15, -0.1) is 0 Å². The molecule has 51 heavy (non-hydrogen) atoms. The van der Waals surface area contributed by atoms with Crippen molar-refractivity contribution < 1.29 is 0 Å². The number of nitrogens with zero attached hydrogens (tertiary/aromatic N) is 4. The molecule has 0 radical (unpaired) electrons. The topological polar surface area (TPSA) is 76.3 Å². The van der Waals surface area contributed by atoms with Crippen LogP contribution in [0.4, 0.5) is 0 Å². The summed E-state index contributed by atoms with van der Waals surface area (Å²) in [6, 6.07) is 60.2. The van der Waals surface area contributed by atoms with Gasteiger partial charge < -0.3 is 4.57 Å². The Morgan fingerprint density at radius 2 is 0.980 bits per heavy atom. The van der Waals surface area contributed by atoms with Crippen molar-refractivity contribution in [2.45, 2.75) is 0 Å². The van der Waals surface area contributed by atoms with Crippen LogP contribution in [0.3, 0.4) is 0 Å². The van der Waals surface area contributed by atoms with E-state index in [1.54, 1.807) is 0 Å². The van der Waals surface area contributed by atoms with Crippen molar-refractivity contribution in [3.8, 4) is 57.3 Å². The fraction of sp³-hybridized carbons (Fsp3) is 0. The lowest BCUT2D eigenvalue weighted by Gasteiger charge is -2.19. The Bertz CT molecular complexity index is 2940. The molecule has 0 saturated carbocycles. The van der Waals surface area contributed by atoms with Gasteiger partial charge >= 0.3 is 0 Å².